The first-order valence-corrected chi connectivity index (χ1v) is 10.4. The average Bonchev–Trinajstić information content (AvgIpc) is 2.77. The van der Waals surface area contributed by atoms with Gasteiger partial charge >= 0.3 is 0 Å². The fraction of sp³-hybridized carbons (Fsp3) is 0.240. The third-order valence-corrected chi connectivity index (χ3v) is 4.61. The molecule has 2 aromatic carbocycles. The Morgan fingerprint density at radius 2 is 1.74 bits per heavy atom. The topological polar surface area (TPSA) is 100 Å². The minimum atomic E-state index is 0.243. The molecule has 0 saturated carbocycles. The van der Waals surface area contributed by atoms with Crippen LogP contribution in [-0.4, -0.2) is 26.9 Å². The molecular weight excluding hydrogens is 384 g/mol. The van der Waals surface area contributed by atoms with E-state index in [0.717, 1.165) is 35.6 Å². The summed E-state index contributed by atoms with van der Waals surface area (Å²) in [4.78, 5) is 4.47. The Morgan fingerprint density at radius 1 is 1.00 bits per heavy atom. The number of aliphatic imine (C=N–C) groups is 1. The Labute approximate surface area is 185 Å². The van der Waals surface area contributed by atoms with E-state index in [1.54, 1.807) is 12.3 Å². The van der Waals surface area contributed by atoms with Gasteiger partial charge in [-0.3, -0.25) is 4.99 Å². The largest absolute Gasteiger partial charge is 0.388 e. The van der Waals surface area contributed by atoms with Crippen LogP contribution in [0, 0.1) is 0 Å². The van der Waals surface area contributed by atoms with Gasteiger partial charge in [0, 0.05) is 44.2 Å². The minimum absolute atomic E-state index is 0.243. The number of hydrogen-bond acceptors (Lipinski definition) is 6. The summed E-state index contributed by atoms with van der Waals surface area (Å²) < 4.78 is 0. The molecule has 2 rings (SSSR count). The van der Waals surface area contributed by atoms with E-state index in [-0.39, 0.29) is 5.82 Å². The van der Waals surface area contributed by atoms with Gasteiger partial charge in [0.1, 0.15) is 0 Å². The highest BCUT2D eigenvalue weighted by Crippen LogP contribution is 2.21. The van der Waals surface area contributed by atoms with Crippen molar-refractivity contribution in [2.45, 2.75) is 20.0 Å². The van der Waals surface area contributed by atoms with Crippen molar-refractivity contribution in [3.05, 3.63) is 94.5 Å². The lowest BCUT2D eigenvalue weighted by Gasteiger charge is -2.11. The van der Waals surface area contributed by atoms with Crippen LogP contribution in [-0.2, 0) is 13.1 Å². The lowest BCUT2D eigenvalue weighted by atomic mass is 10.1. The van der Waals surface area contributed by atoms with Crippen LogP contribution < -0.4 is 27.4 Å². The van der Waals surface area contributed by atoms with Crippen LogP contribution in [0.4, 0.5) is 5.69 Å². The van der Waals surface area contributed by atoms with Crippen molar-refractivity contribution in [3.63, 3.8) is 0 Å². The maximum atomic E-state index is 5.75. The molecule has 0 aliphatic heterocycles. The van der Waals surface area contributed by atoms with Crippen molar-refractivity contribution in [1.82, 2.24) is 10.6 Å². The molecule has 0 aliphatic carbocycles. The van der Waals surface area contributed by atoms with Crippen LogP contribution in [0.2, 0.25) is 0 Å². The molecule has 2 aromatic rings. The predicted molar refractivity (Wildman–Crippen MR) is 134 cm³/mol. The molecule has 0 aliphatic rings. The quantitative estimate of drug-likeness (QED) is 0.285. The zero-order chi connectivity index (χ0) is 22.5. The van der Waals surface area contributed by atoms with Crippen LogP contribution >= 0.6 is 0 Å². The smallest absolute Gasteiger partial charge is 0.0940 e. The van der Waals surface area contributed by atoms with E-state index in [1.807, 2.05) is 33.2 Å². The summed E-state index contributed by atoms with van der Waals surface area (Å²) in [6, 6.07) is 16.8. The number of nitrogens with one attached hydrogen (secondary N) is 3. The third-order valence-electron chi connectivity index (χ3n) is 4.61. The number of benzene rings is 2. The van der Waals surface area contributed by atoms with Crippen LogP contribution in [0.5, 0.6) is 0 Å². The van der Waals surface area contributed by atoms with Crippen LogP contribution in [0.15, 0.2) is 82.8 Å². The Balaban J connectivity index is 2.25. The normalized spacial score (nSPS) is 12.2. The number of nitrogens with two attached hydrogens (primary N) is 2. The van der Waals surface area contributed by atoms with E-state index in [4.69, 9.17) is 11.5 Å². The molecule has 7 N–H and O–H groups in total. The van der Waals surface area contributed by atoms with Crippen molar-refractivity contribution in [2.75, 3.05) is 26.0 Å². The molecule has 0 radical (unpaired) electrons. The van der Waals surface area contributed by atoms with Gasteiger partial charge in [0.25, 0.3) is 0 Å². The molecule has 0 atom stereocenters. The summed E-state index contributed by atoms with van der Waals surface area (Å²) in [5.41, 5.74) is 17.8. The summed E-state index contributed by atoms with van der Waals surface area (Å²) in [7, 11) is 3.80. The first-order valence-electron chi connectivity index (χ1n) is 10.4. The van der Waals surface area contributed by atoms with Crippen molar-refractivity contribution in [1.29, 1.82) is 0 Å². The molecule has 0 spiro atoms. The van der Waals surface area contributed by atoms with Crippen molar-refractivity contribution >= 4 is 18.0 Å². The van der Waals surface area contributed by atoms with Crippen LogP contribution in [0.25, 0.3) is 6.08 Å². The van der Waals surface area contributed by atoms with Crippen molar-refractivity contribution in [2.24, 2.45) is 16.5 Å². The Kier molecular flexibility index (Phi) is 10.1. The predicted octanol–water partition coefficient (Wildman–Crippen LogP) is 3.35. The fourth-order valence-electron chi connectivity index (χ4n) is 3.17. The first-order chi connectivity index (χ1) is 15.1. The van der Waals surface area contributed by atoms with E-state index >= 15 is 0 Å². The molecule has 6 heteroatoms. The Bertz CT molecular complexity index is 938. The molecule has 6 nitrogen and oxygen atoms in total. The molecular formula is C25H34N6. The number of rotatable bonds is 11. The zero-order valence-corrected chi connectivity index (χ0v) is 18.7. The SMILES string of the molecule is CC=N/C(CNC)=C(C=C(N)N)\C=C\c1cc(CNCc2ccccc2)ccc1NC. The third kappa shape index (κ3) is 8.12. The van der Waals surface area contributed by atoms with E-state index < -0.39 is 0 Å². The summed E-state index contributed by atoms with van der Waals surface area (Å²) in [6.07, 6.45) is 7.55. The number of nitrogens with zero attached hydrogens (tertiary/aromatic N) is 1. The van der Waals surface area contributed by atoms with Crippen LogP contribution in [0.3, 0.4) is 0 Å². The van der Waals surface area contributed by atoms with Gasteiger partial charge in [0.05, 0.1) is 11.5 Å². The second-order valence-corrected chi connectivity index (χ2v) is 7.06. The van der Waals surface area contributed by atoms with Gasteiger partial charge in [0.2, 0.25) is 0 Å². The maximum absolute atomic E-state index is 5.75. The molecule has 0 fully saturated rings. The fourth-order valence-corrected chi connectivity index (χ4v) is 3.17. The first kappa shape index (κ1) is 23.9. The minimum Gasteiger partial charge on any atom is -0.388 e. The lowest BCUT2D eigenvalue weighted by molar-refractivity contribution is 0.693. The average molecular weight is 419 g/mol. The summed E-state index contributed by atoms with van der Waals surface area (Å²) in [5, 5.41) is 9.89. The highest BCUT2D eigenvalue weighted by Gasteiger charge is 2.04. The number of hydrogen-bond donors (Lipinski definition) is 5. The summed E-state index contributed by atoms with van der Waals surface area (Å²) in [6.45, 7) is 4.10. The second kappa shape index (κ2) is 13.1. The number of allylic oxidation sites excluding steroid dienone is 3. The van der Waals surface area contributed by atoms with E-state index in [1.165, 1.54) is 11.1 Å². The zero-order valence-electron chi connectivity index (χ0n) is 18.7. The maximum Gasteiger partial charge on any atom is 0.0940 e. The molecule has 0 bridgehead atoms. The second-order valence-electron chi connectivity index (χ2n) is 7.06. The van der Waals surface area contributed by atoms with Gasteiger partial charge in [-0.25, -0.2) is 0 Å². The van der Waals surface area contributed by atoms with Gasteiger partial charge in [0.15, 0.2) is 0 Å². The molecule has 0 saturated heterocycles. The van der Waals surface area contributed by atoms with Gasteiger partial charge < -0.3 is 27.4 Å². The molecule has 31 heavy (non-hydrogen) atoms. The summed E-state index contributed by atoms with van der Waals surface area (Å²) >= 11 is 0. The number of likely N-dealkylation sites (N-methyl/N-ethyl adjacent to an activating group) is 1. The Hall–Kier alpha value is -3.35. The molecule has 0 heterocycles. The molecule has 0 aromatic heterocycles. The van der Waals surface area contributed by atoms with Crippen molar-refractivity contribution < 1.29 is 0 Å². The van der Waals surface area contributed by atoms with Crippen molar-refractivity contribution in [3.8, 4) is 0 Å². The standard InChI is InChI=1S/C25H34N6/c1-4-31-24(18-28-2)22(15-25(26)27)12-11-21-14-20(10-13-23(21)29-3)17-30-16-19-8-6-5-7-9-19/h4-15,28-30H,16-18,26-27H2,1-3H3/b12-11+,24-22+,31-4?. The highest BCUT2D eigenvalue weighted by molar-refractivity contribution is 5.69. The monoisotopic (exact) mass is 418 g/mol. The number of anilines is 1. The van der Waals surface area contributed by atoms with Gasteiger partial charge in [-0.05, 0) is 48.9 Å². The Morgan fingerprint density at radius 3 is 2.39 bits per heavy atom. The van der Waals surface area contributed by atoms with Gasteiger partial charge in [-0.15, -0.1) is 0 Å². The van der Waals surface area contributed by atoms with Gasteiger partial charge in [-0.2, -0.15) is 0 Å². The lowest BCUT2D eigenvalue weighted by Crippen LogP contribution is -2.13. The highest BCUT2D eigenvalue weighted by atomic mass is 14.9. The molecule has 0 amide bonds. The van der Waals surface area contributed by atoms with E-state index in [9.17, 15) is 0 Å². The van der Waals surface area contributed by atoms with E-state index in [0.29, 0.717) is 6.54 Å². The van der Waals surface area contributed by atoms with E-state index in [2.05, 4.69) is 69.5 Å². The van der Waals surface area contributed by atoms with Crippen LogP contribution in [0.1, 0.15) is 23.6 Å². The molecule has 0 unspecified atom stereocenters. The van der Waals surface area contributed by atoms with Gasteiger partial charge in [-0.1, -0.05) is 48.6 Å². The molecule has 164 valence electrons. The summed E-state index contributed by atoms with van der Waals surface area (Å²) in [5.74, 6) is 0.243.